The minimum absolute atomic E-state index is 0.236. The van der Waals surface area contributed by atoms with Gasteiger partial charge in [-0.2, -0.15) is 5.10 Å². The number of rotatable bonds is 4. The zero-order valence-electron chi connectivity index (χ0n) is 15.4. The topological polar surface area (TPSA) is 41.9 Å². The van der Waals surface area contributed by atoms with E-state index in [9.17, 15) is 4.79 Å². The summed E-state index contributed by atoms with van der Waals surface area (Å²) in [5.74, 6) is 0.460. The van der Waals surface area contributed by atoms with Gasteiger partial charge in [0, 0.05) is 26.7 Å². The molecule has 4 rings (SSSR count). The molecule has 1 aliphatic rings. The number of methoxy groups -OCH3 is 1. The molecule has 0 aliphatic carbocycles. The molecule has 1 atom stereocenters. The van der Waals surface area contributed by atoms with Gasteiger partial charge in [-0.05, 0) is 36.4 Å². The van der Waals surface area contributed by atoms with Crippen LogP contribution in [-0.2, 0) is 0 Å². The maximum absolute atomic E-state index is 13.3. The summed E-state index contributed by atoms with van der Waals surface area (Å²) in [6, 6.07) is 21.9. The Hall–Kier alpha value is -2.47. The van der Waals surface area contributed by atoms with Crippen molar-refractivity contribution in [1.82, 2.24) is 5.01 Å². The first-order valence-corrected chi connectivity index (χ1v) is 10.4. The number of carbonyl (C=O) groups is 1. The van der Waals surface area contributed by atoms with E-state index >= 15 is 0 Å². The molecule has 0 bridgehead atoms. The van der Waals surface area contributed by atoms with Gasteiger partial charge in [-0.3, -0.25) is 4.79 Å². The molecule has 29 heavy (non-hydrogen) atoms. The highest BCUT2D eigenvalue weighted by Gasteiger charge is 2.36. The molecule has 0 unspecified atom stereocenters. The second-order valence-electron chi connectivity index (χ2n) is 6.28. The molecule has 1 amide bonds. The highest BCUT2D eigenvalue weighted by molar-refractivity contribution is 8.14. The standard InChI is InChI=1S/C22H16Cl2N2O2S/c1-28-19-8-3-2-7-18(19)22-26(21(27)15-5-4-6-17(24)13-15)25-20(29-22)14-9-11-16(23)12-10-14/h2-13,22H,1H3/t22-/m1/s1. The van der Waals surface area contributed by atoms with Gasteiger partial charge in [0.2, 0.25) is 0 Å². The Balaban J connectivity index is 1.77. The molecule has 1 aliphatic heterocycles. The molecule has 0 saturated heterocycles. The number of halogens is 2. The van der Waals surface area contributed by atoms with Crippen LogP contribution in [0.5, 0.6) is 5.75 Å². The summed E-state index contributed by atoms with van der Waals surface area (Å²) < 4.78 is 5.53. The summed E-state index contributed by atoms with van der Waals surface area (Å²) in [6.45, 7) is 0. The molecule has 0 aromatic heterocycles. The van der Waals surface area contributed by atoms with E-state index in [1.165, 1.54) is 16.8 Å². The third kappa shape index (κ3) is 4.13. The zero-order chi connectivity index (χ0) is 20.4. The molecule has 0 radical (unpaired) electrons. The zero-order valence-corrected chi connectivity index (χ0v) is 17.7. The number of nitrogens with zero attached hydrogens (tertiary/aromatic N) is 2. The van der Waals surface area contributed by atoms with Crippen LogP contribution in [-0.4, -0.2) is 23.1 Å². The Kier molecular flexibility index (Phi) is 5.81. The summed E-state index contributed by atoms with van der Waals surface area (Å²) >= 11 is 13.6. The van der Waals surface area contributed by atoms with Gasteiger partial charge in [-0.25, -0.2) is 5.01 Å². The molecule has 3 aromatic rings. The largest absolute Gasteiger partial charge is 0.496 e. The maximum Gasteiger partial charge on any atom is 0.275 e. The van der Waals surface area contributed by atoms with Crippen LogP contribution < -0.4 is 4.74 Å². The Labute approximate surface area is 183 Å². The van der Waals surface area contributed by atoms with E-state index in [1.807, 2.05) is 36.4 Å². The summed E-state index contributed by atoms with van der Waals surface area (Å²) in [6.07, 6.45) is 0. The van der Waals surface area contributed by atoms with E-state index < -0.39 is 0 Å². The number of hydrazone groups is 1. The van der Waals surface area contributed by atoms with Gasteiger partial charge in [0.05, 0.1) is 7.11 Å². The van der Waals surface area contributed by atoms with E-state index in [2.05, 4.69) is 5.10 Å². The van der Waals surface area contributed by atoms with Crippen LogP contribution in [0.15, 0.2) is 77.9 Å². The minimum atomic E-state index is -0.372. The second kappa shape index (κ2) is 8.49. The summed E-state index contributed by atoms with van der Waals surface area (Å²) in [5, 5.41) is 7.63. The lowest BCUT2D eigenvalue weighted by atomic mass is 10.1. The first-order valence-electron chi connectivity index (χ1n) is 8.80. The van der Waals surface area contributed by atoms with Crippen LogP contribution in [0.25, 0.3) is 0 Å². The highest BCUT2D eigenvalue weighted by atomic mass is 35.5. The van der Waals surface area contributed by atoms with Crippen molar-refractivity contribution < 1.29 is 9.53 Å². The fourth-order valence-corrected chi connectivity index (χ4v) is 4.52. The predicted molar refractivity (Wildman–Crippen MR) is 119 cm³/mol. The van der Waals surface area contributed by atoms with Crippen LogP contribution in [0.2, 0.25) is 10.0 Å². The van der Waals surface area contributed by atoms with Crippen molar-refractivity contribution >= 4 is 45.9 Å². The number of amides is 1. The number of para-hydroxylation sites is 1. The monoisotopic (exact) mass is 442 g/mol. The molecule has 0 saturated carbocycles. The van der Waals surface area contributed by atoms with Crippen molar-refractivity contribution in [2.75, 3.05) is 7.11 Å². The average molecular weight is 443 g/mol. The average Bonchev–Trinajstić information content (AvgIpc) is 3.19. The highest BCUT2D eigenvalue weighted by Crippen LogP contribution is 2.45. The lowest BCUT2D eigenvalue weighted by Gasteiger charge is -2.22. The van der Waals surface area contributed by atoms with Gasteiger partial charge in [0.25, 0.3) is 5.91 Å². The van der Waals surface area contributed by atoms with E-state index in [1.54, 1.807) is 43.5 Å². The molecule has 4 nitrogen and oxygen atoms in total. The predicted octanol–water partition coefficient (Wildman–Crippen LogP) is 6.25. The number of hydrogen-bond acceptors (Lipinski definition) is 4. The molecule has 146 valence electrons. The van der Waals surface area contributed by atoms with Gasteiger partial charge in [0.1, 0.15) is 16.2 Å². The Morgan fingerprint density at radius 1 is 1.00 bits per heavy atom. The minimum Gasteiger partial charge on any atom is -0.496 e. The number of benzene rings is 3. The van der Waals surface area contributed by atoms with Gasteiger partial charge in [0.15, 0.2) is 0 Å². The Bertz CT molecular complexity index is 1090. The summed E-state index contributed by atoms with van der Waals surface area (Å²) in [4.78, 5) is 13.3. The van der Waals surface area contributed by atoms with Crippen molar-refractivity contribution in [2.24, 2.45) is 5.10 Å². The summed E-state index contributed by atoms with van der Waals surface area (Å²) in [5.41, 5.74) is 2.22. The fraction of sp³-hybridized carbons (Fsp3) is 0.0909. The van der Waals surface area contributed by atoms with E-state index in [4.69, 9.17) is 27.9 Å². The second-order valence-corrected chi connectivity index (χ2v) is 8.23. The third-order valence-corrected chi connectivity index (χ3v) is 6.12. The van der Waals surface area contributed by atoms with Crippen molar-refractivity contribution in [1.29, 1.82) is 0 Å². The number of hydrogen-bond donors (Lipinski definition) is 0. The molecule has 7 heteroatoms. The fourth-order valence-electron chi connectivity index (χ4n) is 3.02. The van der Waals surface area contributed by atoms with Crippen LogP contribution in [0, 0.1) is 0 Å². The van der Waals surface area contributed by atoms with E-state index in [-0.39, 0.29) is 11.3 Å². The molecule has 3 aromatic carbocycles. The first-order chi connectivity index (χ1) is 14.1. The van der Waals surface area contributed by atoms with Crippen LogP contribution in [0.3, 0.4) is 0 Å². The molecule has 0 N–H and O–H groups in total. The number of carbonyl (C=O) groups excluding carboxylic acids is 1. The molecular formula is C22H16Cl2N2O2S. The maximum atomic E-state index is 13.3. The third-order valence-electron chi connectivity index (χ3n) is 4.42. The molecular weight excluding hydrogens is 427 g/mol. The van der Waals surface area contributed by atoms with Crippen molar-refractivity contribution in [3.05, 3.63) is 99.5 Å². The van der Waals surface area contributed by atoms with Crippen LogP contribution in [0.1, 0.15) is 26.9 Å². The van der Waals surface area contributed by atoms with Gasteiger partial charge < -0.3 is 4.74 Å². The Morgan fingerprint density at radius 2 is 1.76 bits per heavy atom. The first kappa shape index (κ1) is 19.8. The quantitative estimate of drug-likeness (QED) is 0.479. The Morgan fingerprint density at radius 3 is 2.48 bits per heavy atom. The van der Waals surface area contributed by atoms with Crippen molar-refractivity contribution in [2.45, 2.75) is 5.37 Å². The van der Waals surface area contributed by atoms with E-state index in [0.717, 1.165) is 16.2 Å². The smallest absolute Gasteiger partial charge is 0.275 e. The van der Waals surface area contributed by atoms with Gasteiger partial charge in [-0.15, -0.1) is 0 Å². The van der Waals surface area contributed by atoms with Crippen molar-refractivity contribution in [3.63, 3.8) is 0 Å². The van der Waals surface area contributed by atoms with Crippen molar-refractivity contribution in [3.8, 4) is 5.75 Å². The van der Waals surface area contributed by atoms with E-state index in [0.29, 0.717) is 21.4 Å². The molecule has 1 heterocycles. The SMILES string of the molecule is COc1ccccc1[C@H]1SC(c2ccc(Cl)cc2)=NN1C(=O)c1cccc(Cl)c1. The van der Waals surface area contributed by atoms with Crippen LogP contribution >= 0.6 is 35.0 Å². The number of thioether (sulfide) groups is 1. The van der Waals surface area contributed by atoms with Crippen LogP contribution in [0.4, 0.5) is 0 Å². The molecule has 0 fully saturated rings. The molecule has 0 spiro atoms. The van der Waals surface area contributed by atoms with Gasteiger partial charge in [-0.1, -0.05) is 71.4 Å². The normalized spacial score (nSPS) is 15.9. The van der Waals surface area contributed by atoms with Gasteiger partial charge >= 0.3 is 0 Å². The summed E-state index contributed by atoms with van der Waals surface area (Å²) in [7, 11) is 1.61. The number of ether oxygens (including phenoxy) is 1. The lowest BCUT2D eigenvalue weighted by molar-refractivity contribution is 0.0748. The lowest BCUT2D eigenvalue weighted by Crippen LogP contribution is -2.26.